The molecule has 0 saturated carbocycles. The summed E-state index contributed by atoms with van der Waals surface area (Å²) >= 11 is 1.52. The van der Waals surface area contributed by atoms with Crippen molar-refractivity contribution in [2.45, 2.75) is 19.9 Å². The molecule has 3 heterocycles. The highest BCUT2D eigenvalue weighted by molar-refractivity contribution is 7.12. The van der Waals surface area contributed by atoms with E-state index in [2.05, 4.69) is 28.6 Å². The largest absolute Gasteiger partial charge is 0.338 e. The van der Waals surface area contributed by atoms with Gasteiger partial charge in [-0.2, -0.15) is 0 Å². The number of nitrogens with zero attached hydrogens (tertiary/aromatic N) is 3. The van der Waals surface area contributed by atoms with Gasteiger partial charge in [-0.15, -0.1) is 11.3 Å². The Balaban J connectivity index is 1.49. The van der Waals surface area contributed by atoms with Gasteiger partial charge in [-0.25, -0.2) is 4.98 Å². The summed E-state index contributed by atoms with van der Waals surface area (Å²) in [6.07, 6.45) is 2.98. The summed E-state index contributed by atoms with van der Waals surface area (Å²) in [4.78, 5) is 20.0. The number of thiophene rings is 1. The summed E-state index contributed by atoms with van der Waals surface area (Å²) in [5.74, 6) is 1.66. The van der Waals surface area contributed by atoms with Gasteiger partial charge in [0.05, 0.1) is 4.88 Å². The van der Waals surface area contributed by atoms with Gasteiger partial charge >= 0.3 is 0 Å². The Kier molecular flexibility index (Phi) is 4.40. The van der Waals surface area contributed by atoms with E-state index < -0.39 is 0 Å². The monoisotopic (exact) mass is 351 g/mol. The molecule has 4 nitrogen and oxygen atoms in total. The van der Waals surface area contributed by atoms with Crippen LogP contribution in [0.15, 0.2) is 54.0 Å². The van der Waals surface area contributed by atoms with Crippen molar-refractivity contribution in [3.05, 3.63) is 64.6 Å². The van der Waals surface area contributed by atoms with Crippen LogP contribution in [0.5, 0.6) is 0 Å². The number of rotatable bonds is 4. The summed E-state index contributed by atoms with van der Waals surface area (Å²) in [7, 11) is 0. The highest BCUT2D eigenvalue weighted by atomic mass is 32.1. The number of carbonyl (C=O) groups excluding carboxylic acids is 1. The van der Waals surface area contributed by atoms with E-state index >= 15 is 0 Å². The molecule has 1 fully saturated rings. The molecule has 128 valence electrons. The minimum Gasteiger partial charge on any atom is -0.338 e. The number of benzene rings is 1. The van der Waals surface area contributed by atoms with Crippen LogP contribution in [0, 0.1) is 12.8 Å². The third-order valence-electron chi connectivity index (χ3n) is 4.83. The minimum absolute atomic E-state index is 0.170. The number of carbonyl (C=O) groups is 1. The SMILES string of the molecule is Cc1cnc(-c2ccccc2)n1CC1CCN(C(=O)c2cccs2)C1. The molecule has 1 saturated heterocycles. The first-order valence-corrected chi connectivity index (χ1v) is 9.50. The Hall–Kier alpha value is -2.40. The van der Waals surface area contributed by atoms with E-state index in [1.807, 2.05) is 46.8 Å². The summed E-state index contributed by atoms with van der Waals surface area (Å²) in [6, 6.07) is 14.1. The van der Waals surface area contributed by atoms with Crippen LogP contribution in [-0.2, 0) is 6.54 Å². The van der Waals surface area contributed by atoms with Crippen LogP contribution < -0.4 is 0 Å². The molecule has 4 rings (SSSR count). The van der Waals surface area contributed by atoms with E-state index in [9.17, 15) is 4.79 Å². The van der Waals surface area contributed by atoms with Crippen LogP contribution in [0.4, 0.5) is 0 Å². The molecule has 0 aliphatic carbocycles. The molecule has 1 atom stereocenters. The van der Waals surface area contributed by atoms with Gasteiger partial charge in [0.1, 0.15) is 5.82 Å². The second kappa shape index (κ2) is 6.84. The Bertz CT molecular complexity index is 854. The molecule has 1 unspecified atom stereocenters. The van der Waals surface area contributed by atoms with Crippen molar-refractivity contribution in [3.63, 3.8) is 0 Å². The Labute approximate surface area is 151 Å². The van der Waals surface area contributed by atoms with Crippen molar-refractivity contribution in [1.82, 2.24) is 14.5 Å². The van der Waals surface area contributed by atoms with E-state index in [0.717, 1.165) is 42.3 Å². The van der Waals surface area contributed by atoms with Crippen molar-refractivity contribution in [2.24, 2.45) is 5.92 Å². The maximum Gasteiger partial charge on any atom is 0.263 e. The van der Waals surface area contributed by atoms with Gasteiger partial charge in [0.15, 0.2) is 0 Å². The molecule has 1 aromatic carbocycles. The van der Waals surface area contributed by atoms with Crippen molar-refractivity contribution < 1.29 is 4.79 Å². The average Bonchev–Trinajstić information content (AvgIpc) is 3.38. The molecule has 3 aromatic rings. The quantitative estimate of drug-likeness (QED) is 0.710. The van der Waals surface area contributed by atoms with Crippen LogP contribution in [0.3, 0.4) is 0 Å². The van der Waals surface area contributed by atoms with Crippen molar-refractivity contribution in [2.75, 3.05) is 13.1 Å². The first-order chi connectivity index (χ1) is 12.2. The molecule has 0 spiro atoms. The van der Waals surface area contributed by atoms with E-state index in [-0.39, 0.29) is 5.91 Å². The molecular formula is C20H21N3OS. The van der Waals surface area contributed by atoms with Crippen molar-refractivity contribution >= 4 is 17.2 Å². The minimum atomic E-state index is 0.170. The molecule has 0 N–H and O–H groups in total. The fourth-order valence-electron chi connectivity index (χ4n) is 3.49. The standard InChI is InChI=1S/C20H21N3OS/c1-15-12-21-19(17-6-3-2-4-7-17)23(15)14-16-9-10-22(13-16)20(24)18-8-5-11-25-18/h2-8,11-12,16H,9-10,13-14H2,1H3. The maximum atomic E-state index is 12.5. The van der Waals surface area contributed by atoms with Crippen LogP contribution in [0.1, 0.15) is 21.8 Å². The fourth-order valence-corrected chi connectivity index (χ4v) is 4.18. The van der Waals surface area contributed by atoms with Crippen molar-refractivity contribution in [3.8, 4) is 11.4 Å². The highest BCUT2D eigenvalue weighted by Crippen LogP contribution is 2.26. The number of hydrogen-bond donors (Lipinski definition) is 0. The number of imidazole rings is 1. The number of likely N-dealkylation sites (tertiary alicyclic amines) is 1. The summed E-state index contributed by atoms with van der Waals surface area (Å²) in [5.41, 5.74) is 2.31. The van der Waals surface area contributed by atoms with Gasteiger partial charge < -0.3 is 9.47 Å². The first-order valence-electron chi connectivity index (χ1n) is 8.62. The fraction of sp³-hybridized carbons (Fsp3) is 0.300. The number of aryl methyl sites for hydroxylation is 1. The molecule has 1 aliphatic heterocycles. The molecule has 1 amide bonds. The summed E-state index contributed by atoms with van der Waals surface area (Å²) in [5, 5.41) is 1.96. The van der Waals surface area contributed by atoms with Crippen LogP contribution in [-0.4, -0.2) is 33.4 Å². The molecule has 1 aliphatic rings. The molecule has 5 heteroatoms. The molecule has 2 aromatic heterocycles. The van der Waals surface area contributed by atoms with Gasteiger partial charge in [0, 0.05) is 37.1 Å². The lowest BCUT2D eigenvalue weighted by molar-refractivity contribution is 0.0791. The van der Waals surface area contributed by atoms with Crippen LogP contribution >= 0.6 is 11.3 Å². The maximum absolute atomic E-state index is 12.5. The molecular weight excluding hydrogens is 330 g/mol. The van der Waals surface area contributed by atoms with Crippen LogP contribution in [0.2, 0.25) is 0 Å². The highest BCUT2D eigenvalue weighted by Gasteiger charge is 2.28. The van der Waals surface area contributed by atoms with Crippen molar-refractivity contribution in [1.29, 1.82) is 0 Å². The summed E-state index contributed by atoms with van der Waals surface area (Å²) < 4.78 is 2.29. The van der Waals surface area contributed by atoms with Gasteiger partial charge in [0.25, 0.3) is 5.91 Å². The van der Waals surface area contributed by atoms with Crippen LogP contribution in [0.25, 0.3) is 11.4 Å². The van der Waals surface area contributed by atoms with Gasteiger partial charge in [0.2, 0.25) is 0 Å². The third-order valence-corrected chi connectivity index (χ3v) is 5.69. The second-order valence-corrected chi connectivity index (χ2v) is 7.53. The zero-order valence-electron chi connectivity index (χ0n) is 14.3. The summed E-state index contributed by atoms with van der Waals surface area (Å²) in [6.45, 7) is 4.67. The normalized spacial score (nSPS) is 17.2. The van der Waals surface area contributed by atoms with E-state index in [0.29, 0.717) is 5.92 Å². The number of hydrogen-bond acceptors (Lipinski definition) is 3. The second-order valence-electron chi connectivity index (χ2n) is 6.58. The molecule has 0 bridgehead atoms. The predicted octanol–water partition coefficient (Wildman–Crippen LogP) is 4.08. The Morgan fingerprint density at radius 2 is 2.08 bits per heavy atom. The topological polar surface area (TPSA) is 38.1 Å². The lowest BCUT2D eigenvalue weighted by Gasteiger charge is -2.17. The third kappa shape index (κ3) is 3.24. The predicted molar refractivity (Wildman–Crippen MR) is 101 cm³/mol. The van der Waals surface area contributed by atoms with Gasteiger partial charge in [-0.1, -0.05) is 36.4 Å². The Morgan fingerprint density at radius 3 is 2.84 bits per heavy atom. The average molecular weight is 351 g/mol. The lowest BCUT2D eigenvalue weighted by atomic mass is 10.1. The number of amides is 1. The zero-order chi connectivity index (χ0) is 17.2. The van der Waals surface area contributed by atoms with E-state index in [1.165, 1.54) is 17.0 Å². The van der Waals surface area contributed by atoms with E-state index in [1.54, 1.807) is 0 Å². The molecule has 0 radical (unpaired) electrons. The van der Waals surface area contributed by atoms with Gasteiger partial charge in [-0.05, 0) is 30.7 Å². The van der Waals surface area contributed by atoms with Gasteiger partial charge in [-0.3, -0.25) is 4.79 Å². The number of aromatic nitrogens is 2. The smallest absolute Gasteiger partial charge is 0.263 e. The van der Waals surface area contributed by atoms with E-state index in [4.69, 9.17) is 0 Å². The molecule has 25 heavy (non-hydrogen) atoms. The first kappa shape index (κ1) is 16.1. The Morgan fingerprint density at radius 1 is 1.24 bits per heavy atom. The lowest BCUT2D eigenvalue weighted by Crippen LogP contribution is -2.28. The zero-order valence-corrected chi connectivity index (χ0v) is 15.1.